The minimum absolute atomic E-state index is 0.402. The molecule has 3 nitrogen and oxygen atoms in total. The van der Waals surface area contributed by atoms with E-state index in [4.69, 9.17) is 10.5 Å². The lowest BCUT2D eigenvalue weighted by molar-refractivity contribution is -0.0788. The lowest BCUT2D eigenvalue weighted by Gasteiger charge is -2.48. The fourth-order valence-corrected chi connectivity index (χ4v) is 2.80. The van der Waals surface area contributed by atoms with Crippen LogP contribution >= 0.6 is 0 Å². The molecule has 2 saturated heterocycles. The Morgan fingerprint density at radius 1 is 1.27 bits per heavy atom. The predicted molar refractivity (Wildman–Crippen MR) is 61.8 cm³/mol. The Balaban J connectivity index is 1.92. The molecule has 0 aromatic carbocycles. The van der Waals surface area contributed by atoms with E-state index < -0.39 is 0 Å². The third-order valence-electron chi connectivity index (χ3n) is 3.67. The zero-order valence-electron chi connectivity index (χ0n) is 9.98. The molecule has 3 atom stereocenters. The molecule has 2 heterocycles. The molecule has 0 amide bonds. The maximum Gasteiger partial charge on any atom is 0.0623 e. The molecule has 2 bridgehead atoms. The van der Waals surface area contributed by atoms with Crippen molar-refractivity contribution >= 4 is 0 Å². The second-order valence-corrected chi connectivity index (χ2v) is 5.50. The van der Waals surface area contributed by atoms with E-state index in [1.807, 2.05) is 0 Å². The maximum absolute atomic E-state index is 6.06. The number of piperidine rings is 1. The van der Waals surface area contributed by atoms with Crippen molar-refractivity contribution in [3.8, 4) is 0 Å². The summed E-state index contributed by atoms with van der Waals surface area (Å²) in [6, 6.07) is 1.58. The summed E-state index contributed by atoms with van der Waals surface area (Å²) in [7, 11) is 0. The molecule has 2 aliphatic rings. The summed E-state index contributed by atoms with van der Waals surface area (Å²) in [4.78, 5) is 2.65. The van der Waals surface area contributed by atoms with E-state index in [2.05, 4.69) is 18.7 Å². The number of ether oxygens (including phenoxy) is 1. The first kappa shape index (κ1) is 11.4. The van der Waals surface area contributed by atoms with Crippen molar-refractivity contribution in [1.29, 1.82) is 0 Å². The van der Waals surface area contributed by atoms with Gasteiger partial charge in [0, 0.05) is 18.1 Å². The molecule has 2 N–H and O–H groups in total. The standard InChI is InChI=1S/C12H24N2O/c1-9(2)3-4-14-11-5-10(13)6-12(14)8-15-7-11/h9-12H,3-8,13H2,1-2H3/t10-,11-,12+. The number of fused-ring (bicyclic) bond motifs is 2. The largest absolute Gasteiger partial charge is 0.378 e. The fraction of sp³-hybridized carbons (Fsp3) is 1.00. The molecule has 2 rings (SSSR count). The first-order chi connectivity index (χ1) is 7.16. The highest BCUT2D eigenvalue weighted by atomic mass is 16.5. The highest BCUT2D eigenvalue weighted by Gasteiger charge is 2.37. The van der Waals surface area contributed by atoms with Crippen LogP contribution in [0.25, 0.3) is 0 Å². The first-order valence-electron chi connectivity index (χ1n) is 6.26. The van der Waals surface area contributed by atoms with E-state index in [1.165, 1.54) is 13.0 Å². The average Bonchev–Trinajstić information content (AvgIpc) is 2.14. The zero-order valence-corrected chi connectivity index (χ0v) is 9.98. The highest BCUT2D eigenvalue weighted by Crippen LogP contribution is 2.27. The number of morpholine rings is 1. The van der Waals surface area contributed by atoms with Gasteiger partial charge in [0.15, 0.2) is 0 Å². The Hall–Kier alpha value is -0.120. The maximum atomic E-state index is 6.06. The monoisotopic (exact) mass is 212 g/mol. The van der Waals surface area contributed by atoms with Crippen molar-refractivity contribution in [2.24, 2.45) is 11.7 Å². The Morgan fingerprint density at radius 2 is 1.87 bits per heavy atom. The van der Waals surface area contributed by atoms with Gasteiger partial charge in [-0.15, -0.1) is 0 Å². The fourth-order valence-electron chi connectivity index (χ4n) is 2.80. The average molecular weight is 212 g/mol. The Bertz CT molecular complexity index is 194. The molecule has 0 saturated carbocycles. The molecule has 88 valence electrons. The molecule has 0 aromatic heterocycles. The van der Waals surface area contributed by atoms with Gasteiger partial charge in [0.2, 0.25) is 0 Å². The van der Waals surface area contributed by atoms with Crippen LogP contribution in [0.3, 0.4) is 0 Å². The van der Waals surface area contributed by atoms with Gasteiger partial charge in [0.25, 0.3) is 0 Å². The number of nitrogens with zero attached hydrogens (tertiary/aromatic N) is 1. The van der Waals surface area contributed by atoms with Crippen LogP contribution in [-0.2, 0) is 4.74 Å². The van der Waals surface area contributed by atoms with E-state index in [9.17, 15) is 0 Å². The minimum atomic E-state index is 0.402. The molecule has 0 radical (unpaired) electrons. The van der Waals surface area contributed by atoms with E-state index in [1.54, 1.807) is 0 Å². The minimum Gasteiger partial charge on any atom is -0.378 e. The smallest absolute Gasteiger partial charge is 0.0623 e. The molecule has 3 heteroatoms. The zero-order chi connectivity index (χ0) is 10.8. The van der Waals surface area contributed by atoms with Crippen LogP contribution in [0.5, 0.6) is 0 Å². The van der Waals surface area contributed by atoms with E-state index in [0.29, 0.717) is 18.1 Å². The molecule has 0 unspecified atom stereocenters. The Kier molecular flexibility index (Phi) is 3.65. The van der Waals surface area contributed by atoms with Gasteiger partial charge in [-0.1, -0.05) is 13.8 Å². The topological polar surface area (TPSA) is 38.5 Å². The molecule has 2 aliphatic heterocycles. The normalized spacial score (nSPS) is 37.2. The molecule has 15 heavy (non-hydrogen) atoms. The Morgan fingerprint density at radius 3 is 2.40 bits per heavy atom. The third-order valence-corrected chi connectivity index (χ3v) is 3.67. The Labute approximate surface area is 93.0 Å². The summed E-state index contributed by atoms with van der Waals surface area (Å²) >= 11 is 0. The number of hydrogen-bond acceptors (Lipinski definition) is 3. The van der Waals surface area contributed by atoms with Crippen molar-refractivity contribution in [2.75, 3.05) is 19.8 Å². The van der Waals surface area contributed by atoms with Crippen molar-refractivity contribution in [3.63, 3.8) is 0 Å². The van der Waals surface area contributed by atoms with E-state index in [-0.39, 0.29) is 0 Å². The van der Waals surface area contributed by atoms with Crippen LogP contribution in [0.1, 0.15) is 33.1 Å². The van der Waals surface area contributed by atoms with Crippen LogP contribution < -0.4 is 5.73 Å². The van der Waals surface area contributed by atoms with Crippen LogP contribution in [0, 0.1) is 5.92 Å². The van der Waals surface area contributed by atoms with E-state index >= 15 is 0 Å². The van der Waals surface area contributed by atoms with Gasteiger partial charge in [-0.2, -0.15) is 0 Å². The number of rotatable bonds is 3. The van der Waals surface area contributed by atoms with Crippen molar-refractivity contribution in [1.82, 2.24) is 4.90 Å². The summed E-state index contributed by atoms with van der Waals surface area (Å²) in [6.45, 7) is 7.59. The summed E-state index contributed by atoms with van der Waals surface area (Å²) < 4.78 is 5.62. The van der Waals surface area contributed by atoms with Gasteiger partial charge in [0.1, 0.15) is 0 Å². The predicted octanol–water partition coefficient (Wildman–Crippen LogP) is 1.22. The molecule has 0 spiro atoms. The lowest BCUT2D eigenvalue weighted by Crippen LogP contribution is -2.59. The number of hydrogen-bond donors (Lipinski definition) is 1. The molecular weight excluding hydrogens is 188 g/mol. The molecule has 0 aromatic rings. The van der Waals surface area contributed by atoms with E-state index in [0.717, 1.165) is 32.0 Å². The van der Waals surface area contributed by atoms with Gasteiger partial charge in [-0.05, 0) is 31.7 Å². The summed E-state index contributed by atoms with van der Waals surface area (Å²) in [5.74, 6) is 0.794. The summed E-state index contributed by atoms with van der Waals surface area (Å²) in [6.07, 6.45) is 3.53. The van der Waals surface area contributed by atoms with Gasteiger partial charge in [-0.25, -0.2) is 0 Å². The van der Waals surface area contributed by atoms with Gasteiger partial charge in [-0.3, -0.25) is 4.90 Å². The quantitative estimate of drug-likeness (QED) is 0.764. The van der Waals surface area contributed by atoms with Crippen LogP contribution in [0.2, 0.25) is 0 Å². The summed E-state index contributed by atoms with van der Waals surface area (Å²) in [5, 5.41) is 0. The second kappa shape index (κ2) is 4.81. The number of nitrogens with two attached hydrogens (primary N) is 1. The lowest BCUT2D eigenvalue weighted by atomic mass is 9.90. The molecule has 0 aliphatic carbocycles. The SMILES string of the molecule is CC(C)CCN1[C@@H]2COC[C@H]1C[C@@H](N)C2. The van der Waals surface area contributed by atoms with Crippen LogP contribution in [0.4, 0.5) is 0 Å². The van der Waals surface area contributed by atoms with Gasteiger partial charge >= 0.3 is 0 Å². The van der Waals surface area contributed by atoms with Crippen molar-refractivity contribution in [2.45, 2.75) is 51.2 Å². The second-order valence-electron chi connectivity index (χ2n) is 5.50. The molecule has 2 fully saturated rings. The van der Waals surface area contributed by atoms with Gasteiger partial charge in [0.05, 0.1) is 13.2 Å². The first-order valence-corrected chi connectivity index (χ1v) is 6.26. The molecular formula is C12H24N2O. The van der Waals surface area contributed by atoms with Crippen molar-refractivity contribution in [3.05, 3.63) is 0 Å². The summed E-state index contributed by atoms with van der Waals surface area (Å²) in [5.41, 5.74) is 6.06. The highest BCUT2D eigenvalue weighted by molar-refractivity contribution is 4.93. The van der Waals surface area contributed by atoms with Gasteiger partial charge < -0.3 is 10.5 Å². The third kappa shape index (κ3) is 2.71. The van der Waals surface area contributed by atoms with Crippen LogP contribution in [0.15, 0.2) is 0 Å². The van der Waals surface area contributed by atoms with Crippen molar-refractivity contribution < 1.29 is 4.74 Å². The van der Waals surface area contributed by atoms with Crippen LogP contribution in [-0.4, -0.2) is 42.8 Å².